The van der Waals surface area contributed by atoms with Crippen LogP contribution in [0.5, 0.6) is 5.75 Å². The van der Waals surface area contributed by atoms with E-state index in [1.54, 1.807) is 11.3 Å². The van der Waals surface area contributed by atoms with Gasteiger partial charge in [-0.2, -0.15) is 0 Å². The van der Waals surface area contributed by atoms with Crippen LogP contribution >= 0.6 is 11.3 Å². The maximum absolute atomic E-state index is 5.75. The molecule has 0 aliphatic rings. The van der Waals surface area contributed by atoms with Gasteiger partial charge in [0.15, 0.2) is 0 Å². The molecule has 0 unspecified atom stereocenters. The van der Waals surface area contributed by atoms with Gasteiger partial charge in [-0.3, -0.25) is 0 Å². The third-order valence-electron chi connectivity index (χ3n) is 2.62. The van der Waals surface area contributed by atoms with Gasteiger partial charge in [0.25, 0.3) is 0 Å². The van der Waals surface area contributed by atoms with Gasteiger partial charge >= 0.3 is 0 Å². The van der Waals surface area contributed by atoms with Crippen LogP contribution in [-0.4, -0.2) is 4.98 Å². The molecule has 2 N–H and O–H groups in total. The first kappa shape index (κ1) is 12.1. The molecule has 0 fully saturated rings. The van der Waals surface area contributed by atoms with E-state index in [9.17, 15) is 0 Å². The smallest absolute Gasteiger partial charge is 0.140 e. The Hall–Kier alpha value is -1.39. The minimum absolute atomic E-state index is 0.492. The van der Waals surface area contributed by atoms with Crippen molar-refractivity contribution in [2.45, 2.75) is 27.0 Å². The monoisotopic (exact) mass is 248 g/mol. The van der Waals surface area contributed by atoms with E-state index in [0.717, 1.165) is 22.0 Å². The summed E-state index contributed by atoms with van der Waals surface area (Å²) in [4.78, 5) is 5.69. The predicted molar refractivity (Wildman–Crippen MR) is 70.3 cm³/mol. The molecule has 0 atom stereocenters. The number of thiazole rings is 1. The Kier molecular flexibility index (Phi) is 3.76. The molecular formula is C13H16N2OS. The lowest BCUT2D eigenvalue weighted by atomic mass is 10.2. The number of ether oxygens (including phenoxy) is 1. The molecule has 0 saturated carbocycles. The highest BCUT2D eigenvalue weighted by atomic mass is 32.1. The average molecular weight is 248 g/mol. The van der Waals surface area contributed by atoms with Crippen molar-refractivity contribution in [1.82, 2.24) is 4.98 Å². The van der Waals surface area contributed by atoms with Gasteiger partial charge in [0.1, 0.15) is 17.4 Å². The van der Waals surface area contributed by atoms with Gasteiger partial charge in [-0.15, -0.1) is 11.3 Å². The molecule has 4 heteroatoms. The van der Waals surface area contributed by atoms with Crippen LogP contribution in [-0.2, 0) is 13.2 Å². The molecule has 0 aliphatic carbocycles. The summed E-state index contributed by atoms with van der Waals surface area (Å²) in [7, 11) is 0. The number of aryl methyl sites for hydroxylation is 2. The molecule has 0 bridgehead atoms. The summed E-state index contributed by atoms with van der Waals surface area (Å²) in [6.07, 6.45) is 0. The molecule has 3 nitrogen and oxygen atoms in total. The molecule has 0 spiro atoms. The summed E-state index contributed by atoms with van der Waals surface area (Å²) in [5.41, 5.74) is 7.76. The fraction of sp³-hybridized carbons (Fsp3) is 0.308. The normalized spacial score (nSPS) is 10.5. The number of para-hydroxylation sites is 1. The van der Waals surface area contributed by atoms with Crippen LogP contribution in [0.4, 0.5) is 0 Å². The first-order chi connectivity index (χ1) is 8.20. The molecule has 17 heavy (non-hydrogen) atoms. The molecule has 0 radical (unpaired) electrons. The van der Waals surface area contributed by atoms with Crippen molar-refractivity contribution >= 4 is 11.3 Å². The van der Waals surface area contributed by atoms with Crippen LogP contribution in [0, 0.1) is 13.8 Å². The second kappa shape index (κ2) is 5.29. The standard InChI is InChI=1S/C13H16N2OS/c1-9-10(2)17-13(15-9)8-16-12-6-4-3-5-11(12)7-14/h3-6H,7-8,14H2,1-2H3. The van der Waals surface area contributed by atoms with Gasteiger partial charge in [-0.25, -0.2) is 4.98 Å². The zero-order valence-electron chi connectivity index (χ0n) is 10.1. The van der Waals surface area contributed by atoms with Crippen molar-refractivity contribution < 1.29 is 4.74 Å². The molecule has 2 rings (SSSR count). The summed E-state index contributed by atoms with van der Waals surface area (Å²) in [6, 6.07) is 7.84. The SMILES string of the molecule is Cc1nc(COc2ccccc2CN)sc1C. The highest BCUT2D eigenvalue weighted by molar-refractivity contribution is 7.11. The van der Waals surface area contributed by atoms with Gasteiger partial charge in [-0.1, -0.05) is 18.2 Å². The van der Waals surface area contributed by atoms with Crippen molar-refractivity contribution in [3.63, 3.8) is 0 Å². The largest absolute Gasteiger partial charge is 0.486 e. The minimum Gasteiger partial charge on any atom is -0.486 e. The number of aromatic nitrogens is 1. The lowest BCUT2D eigenvalue weighted by Gasteiger charge is -2.08. The third kappa shape index (κ3) is 2.84. The average Bonchev–Trinajstić information content (AvgIpc) is 2.66. The first-order valence-electron chi connectivity index (χ1n) is 5.54. The molecule has 2 aromatic rings. The van der Waals surface area contributed by atoms with Crippen LogP contribution < -0.4 is 10.5 Å². The first-order valence-corrected chi connectivity index (χ1v) is 6.36. The lowest BCUT2D eigenvalue weighted by Crippen LogP contribution is -2.02. The van der Waals surface area contributed by atoms with E-state index < -0.39 is 0 Å². The van der Waals surface area contributed by atoms with Crippen LogP contribution in [0.25, 0.3) is 0 Å². The van der Waals surface area contributed by atoms with E-state index in [1.807, 2.05) is 31.2 Å². The fourth-order valence-electron chi connectivity index (χ4n) is 1.55. The number of nitrogens with zero attached hydrogens (tertiary/aromatic N) is 1. The third-order valence-corrected chi connectivity index (χ3v) is 3.66. The Bertz CT molecular complexity index is 488. The van der Waals surface area contributed by atoms with Crippen LogP contribution in [0.2, 0.25) is 0 Å². The Morgan fingerprint density at radius 1 is 1.29 bits per heavy atom. The Balaban J connectivity index is 2.07. The Morgan fingerprint density at radius 3 is 2.71 bits per heavy atom. The quantitative estimate of drug-likeness (QED) is 0.905. The van der Waals surface area contributed by atoms with E-state index in [2.05, 4.69) is 11.9 Å². The number of benzene rings is 1. The predicted octanol–water partition coefficient (Wildman–Crippen LogP) is 2.80. The highest BCUT2D eigenvalue weighted by Gasteiger charge is 2.06. The summed E-state index contributed by atoms with van der Waals surface area (Å²) in [6.45, 7) is 5.09. The second-order valence-corrected chi connectivity index (χ2v) is 5.14. The van der Waals surface area contributed by atoms with Gasteiger partial charge in [0.2, 0.25) is 0 Å². The molecule has 1 aromatic heterocycles. The number of hydrogen-bond donors (Lipinski definition) is 1. The molecular weight excluding hydrogens is 232 g/mol. The number of nitrogens with two attached hydrogens (primary N) is 1. The topological polar surface area (TPSA) is 48.1 Å². The van der Waals surface area contributed by atoms with Crippen LogP contribution in [0.1, 0.15) is 21.1 Å². The van der Waals surface area contributed by atoms with Crippen molar-refractivity contribution in [2.24, 2.45) is 5.73 Å². The van der Waals surface area contributed by atoms with Crippen LogP contribution in [0.15, 0.2) is 24.3 Å². The molecule has 0 amide bonds. The molecule has 1 aromatic carbocycles. The summed E-state index contributed by atoms with van der Waals surface area (Å²) in [5, 5.41) is 1.01. The van der Waals surface area contributed by atoms with E-state index >= 15 is 0 Å². The van der Waals surface area contributed by atoms with Crippen molar-refractivity contribution in [2.75, 3.05) is 0 Å². The Labute approximate surface area is 105 Å². The van der Waals surface area contributed by atoms with E-state index in [4.69, 9.17) is 10.5 Å². The Morgan fingerprint density at radius 2 is 2.06 bits per heavy atom. The zero-order chi connectivity index (χ0) is 12.3. The van der Waals surface area contributed by atoms with Crippen LogP contribution in [0.3, 0.4) is 0 Å². The van der Waals surface area contributed by atoms with E-state index in [1.165, 1.54) is 4.88 Å². The van der Waals surface area contributed by atoms with Gasteiger partial charge in [0.05, 0.1) is 5.69 Å². The summed E-state index contributed by atoms with van der Waals surface area (Å²) in [5.74, 6) is 0.848. The van der Waals surface area contributed by atoms with Gasteiger partial charge in [0, 0.05) is 17.0 Å². The maximum Gasteiger partial charge on any atom is 0.140 e. The van der Waals surface area contributed by atoms with Crippen molar-refractivity contribution in [1.29, 1.82) is 0 Å². The van der Waals surface area contributed by atoms with Gasteiger partial charge < -0.3 is 10.5 Å². The van der Waals surface area contributed by atoms with Gasteiger partial charge in [-0.05, 0) is 19.9 Å². The highest BCUT2D eigenvalue weighted by Crippen LogP contribution is 2.21. The molecule has 0 aliphatic heterocycles. The zero-order valence-corrected chi connectivity index (χ0v) is 10.9. The lowest BCUT2D eigenvalue weighted by molar-refractivity contribution is 0.302. The molecule has 0 saturated heterocycles. The molecule has 1 heterocycles. The maximum atomic E-state index is 5.75. The second-order valence-electron chi connectivity index (χ2n) is 3.85. The number of rotatable bonds is 4. The van der Waals surface area contributed by atoms with E-state index in [0.29, 0.717) is 13.2 Å². The molecule has 90 valence electrons. The van der Waals surface area contributed by atoms with Crippen molar-refractivity contribution in [3.8, 4) is 5.75 Å². The summed E-state index contributed by atoms with van der Waals surface area (Å²) < 4.78 is 5.75. The van der Waals surface area contributed by atoms with Crippen molar-refractivity contribution in [3.05, 3.63) is 45.4 Å². The summed E-state index contributed by atoms with van der Waals surface area (Å²) >= 11 is 1.68. The van der Waals surface area contributed by atoms with E-state index in [-0.39, 0.29) is 0 Å². The number of hydrogen-bond acceptors (Lipinski definition) is 4. The fourth-order valence-corrected chi connectivity index (χ4v) is 2.40. The minimum atomic E-state index is 0.492.